The molecule has 4 rings (SSSR count). The van der Waals surface area contributed by atoms with E-state index in [1.807, 2.05) is 90.5 Å². The monoisotopic (exact) mass is 474 g/mol. The van der Waals surface area contributed by atoms with Crippen LogP contribution in [0.25, 0.3) is 0 Å². The van der Waals surface area contributed by atoms with E-state index in [0.717, 1.165) is 33.7 Å². The third-order valence-corrected chi connectivity index (χ3v) is 7.23. The summed E-state index contributed by atoms with van der Waals surface area (Å²) in [5.41, 5.74) is 3.66. The molecule has 33 heavy (non-hydrogen) atoms. The molecule has 0 aliphatic heterocycles. The molecule has 168 valence electrons. The van der Waals surface area contributed by atoms with Crippen LogP contribution in [0.1, 0.15) is 44.2 Å². The second-order valence-electron chi connectivity index (χ2n) is 7.75. The van der Waals surface area contributed by atoms with Gasteiger partial charge < -0.3 is 5.32 Å². The fourth-order valence-corrected chi connectivity index (χ4v) is 5.08. The lowest BCUT2D eigenvalue weighted by molar-refractivity contribution is -0.122. The molecule has 6 heteroatoms. The third kappa shape index (κ3) is 5.24. The number of aryl methyl sites for hydroxylation is 2. The Kier molecular flexibility index (Phi) is 7.37. The fourth-order valence-electron chi connectivity index (χ4n) is 3.78. The molecule has 0 fully saturated rings. The van der Waals surface area contributed by atoms with Crippen molar-refractivity contribution in [2.24, 2.45) is 0 Å². The summed E-state index contributed by atoms with van der Waals surface area (Å²) in [6.45, 7) is 4.50. The van der Waals surface area contributed by atoms with Gasteiger partial charge in [-0.15, -0.1) is 22.7 Å². The van der Waals surface area contributed by atoms with Crippen LogP contribution in [0.4, 0.5) is 5.69 Å². The normalized spacial score (nSPS) is 11.7. The zero-order chi connectivity index (χ0) is 23.2. The van der Waals surface area contributed by atoms with Gasteiger partial charge in [-0.05, 0) is 53.4 Å². The van der Waals surface area contributed by atoms with Gasteiger partial charge in [-0.25, -0.2) is 0 Å². The van der Waals surface area contributed by atoms with E-state index in [1.165, 1.54) is 11.3 Å². The lowest BCUT2D eigenvalue weighted by Crippen LogP contribution is -2.44. The molecule has 0 aliphatic carbocycles. The molecule has 0 spiro atoms. The lowest BCUT2D eigenvalue weighted by atomic mass is 9.99. The predicted octanol–water partition coefficient (Wildman–Crippen LogP) is 6.38. The number of hydrogen-bond donors (Lipinski definition) is 1. The first kappa shape index (κ1) is 23.0. The first-order valence-electron chi connectivity index (χ1n) is 10.9. The number of para-hydroxylation sites is 1. The summed E-state index contributed by atoms with van der Waals surface area (Å²) >= 11 is 2.98. The number of anilines is 1. The highest BCUT2D eigenvalue weighted by Gasteiger charge is 2.34. The average molecular weight is 475 g/mol. The van der Waals surface area contributed by atoms with E-state index in [2.05, 4.69) is 12.2 Å². The predicted molar refractivity (Wildman–Crippen MR) is 137 cm³/mol. The highest BCUT2D eigenvalue weighted by atomic mass is 32.1. The van der Waals surface area contributed by atoms with E-state index >= 15 is 0 Å². The Morgan fingerprint density at radius 3 is 2.30 bits per heavy atom. The van der Waals surface area contributed by atoms with Crippen molar-refractivity contribution in [3.63, 3.8) is 0 Å². The molecule has 0 radical (unpaired) electrons. The van der Waals surface area contributed by atoms with Gasteiger partial charge in [0.2, 0.25) is 5.91 Å². The number of amides is 2. The number of nitrogens with zero attached hydrogens (tertiary/aromatic N) is 1. The molecule has 0 saturated carbocycles. The van der Waals surface area contributed by atoms with Crippen LogP contribution in [0.2, 0.25) is 0 Å². The largest absolute Gasteiger partial charge is 0.349 e. The molecular weight excluding hydrogens is 448 g/mol. The zero-order valence-electron chi connectivity index (χ0n) is 18.7. The highest BCUT2D eigenvalue weighted by molar-refractivity contribution is 7.12. The number of hydrogen-bond acceptors (Lipinski definition) is 4. The van der Waals surface area contributed by atoms with Gasteiger partial charge in [-0.3, -0.25) is 14.5 Å². The van der Waals surface area contributed by atoms with Crippen molar-refractivity contribution in [1.29, 1.82) is 0 Å². The van der Waals surface area contributed by atoms with Gasteiger partial charge >= 0.3 is 0 Å². The Labute approximate surface area is 202 Å². The molecule has 0 aliphatic rings. The minimum atomic E-state index is -0.798. The van der Waals surface area contributed by atoms with Crippen LogP contribution in [0.5, 0.6) is 0 Å². The van der Waals surface area contributed by atoms with E-state index in [9.17, 15) is 9.59 Å². The van der Waals surface area contributed by atoms with Crippen molar-refractivity contribution in [2.45, 2.75) is 32.9 Å². The van der Waals surface area contributed by atoms with Crippen molar-refractivity contribution in [2.75, 3.05) is 4.90 Å². The molecular formula is C27H26N2O2S2. The van der Waals surface area contributed by atoms with Gasteiger partial charge in [0.05, 0.1) is 11.4 Å². The summed E-state index contributed by atoms with van der Waals surface area (Å²) in [6.07, 6.45) is 0.752. The summed E-state index contributed by atoms with van der Waals surface area (Å²) < 4.78 is 0. The van der Waals surface area contributed by atoms with Crippen molar-refractivity contribution >= 4 is 40.2 Å². The summed E-state index contributed by atoms with van der Waals surface area (Å²) in [4.78, 5) is 30.9. The standard InChI is InChI=1S/C27H26N2O2S2/c1-3-20-8-4-5-10-23(20)29(27(31)24-11-7-17-33-24)25(21-14-12-19(2)13-15-21)26(30)28-18-22-9-6-16-32-22/h4-17,25H,3,18H2,1-2H3,(H,28,30)/t25-/m1/s1. The summed E-state index contributed by atoms with van der Waals surface area (Å²) in [5.74, 6) is -0.384. The van der Waals surface area contributed by atoms with Crippen LogP contribution in [-0.4, -0.2) is 11.8 Å². The topological polar surface area (TPSA) is 49.4 Å². The van der Waals surface area contributed by atoms with Crippen LogP contribution in [0, 0.1) is 6.92 Å². The number of rotatable bonds is 8. The Hall–Kier alpha value is -3.22. The molecule has 4 aromatic rings. The third-order valence-electron chi connectivity index (χ3n) is 5.50. The fraction of sp³-hybridized carbons (Fsp3) is 0.185. The Morgan fingerprint density at radius 1 is 0.909 bits per heavy atom. The molecule has 2 heterocycles. The lowest BCUT2D eigenvalue weighted by Gasteiger charge is -2.32. The van der Waals surface area contributed by atoms with Crippen LogP contribution >= 0.6 is 22.7 Å². The molecule has 0 bridgehead atoms. The molecule has 0 unspecified atom stereocenters. The second-order valence-corrected chi connectivity index (χ2v) is 9.73. The molecule has 2 amide bonds. The van der Waals surface area contributed by atoms with Gasteiger partial charge in [-0.1, -0.05) is 67.1 Å². The maximum absolute atomic E-state index is 13.9. The van der Waals surface area contributed by atoms with Gasteiger partial charge in [0.1, 0.15) is 6.04 Å². The molecule has 4 nitrogen and oxygen atoms in total. The molecule has 1 N–H and O–H groups in total. The van der Waals surface area contributed by atoms with Crippen molar-refractivity contribution in [3.8, 4) is 0 Å². The number of benzene rings is 2. The maximum Gasteiger partial charge on any atom is 0.269 e. The van der Waals surface area contributed by atoms with Gasteiger partial charge in [0, 0.05) is 10.6 Å². The quantitative estimate of drug-likeness (QED) is 0.322. The molecule has 1 atom stereocenters. The number of carbonyl (C=O) groups excluding carboxylic acids is 2. The number of carbonyl (C=O) groups is 2. The number of nitrogens with one attached hydrogen (secondary N) is 1. The smallest absolute Gasteiger partial charge is 0.269 e. The van der Waals surface area contributed by atoms with Crippen molar-refractivity contribution in [1.82, 2.24) is 5.32 Å². The van der Waals surface area contributed by atoms with Crippen LogP contribution in [0.15, 0.2) is 83.6 Å². The second kappa shape index (κ2) is 10.6. The minimum Gasteiger partial charge on any atom is -0.349 e. The summed E-state index contributed by atoms with van der Waals surface area (Å²) in [6, 6.07) is 22.5. The minimum absolute atomic E-state index is 0.178. The maximum atomic E-state index is 13.9. The van der Waals surface area contributed by atoms with E-state index in [-0.39, 0.29) is 11.8 Å². The first-order chi connectivity index (χ1) is 16.1. The van der Waals surface area contributed by atoms with Crippen molar-refractivity contribution < 1.29 is 9.59 Å². The summed E-state index contributed by atoms with van der Waals surface area (Å²) in [5, 5.41) is 6.94. The number of thiophene rings is 2. The van der Waals surface area contributed by atoms with Crippen LogP contribution in [0.3, 0.4) is 0 Å². The van der Waals surface area contributed by atoms with Crippen LogP contribution < -0.4 is 10.2 Å². The van der Waals surface area contributed by atoms with E-state index in [1.54, 1.807) is 16.2 Å². The Morgan fingerprint density at radius 2 is 1.64 bits per heavy atom. The zero-order valence-corrected chi connectivity index (χ0v) is 20.3. The first-order valence-corrected chi connectivity index (χ1v) is 12.7. The SMILES string of the molecule is CCc1ccccc1N(C(=O)c1cccs1)[C@@H](C(=O)NCc1cccs1)c1ccc(C)cc1. The molecule has 2 aromatic carbocycles. The molecule has 2 aromatic heterocycles. The van der Waals surface area contributed by atoms with Crippen molar-refractivity contribution in [3.05, 3.63) is 110 Å². The van der Waals surface area contributed by atoms with E-state index < -0.39 is 6.04 Å². The van der Waals surface area contributed by atoms with Gasteiger partial charge in [0.15, 0.2) is 0 Å². The highest BCUT2D eigenvalue weighted by Crippen LogP contribution is 2.33. The van der Waals surface area contributed by atoms with Gasteiger partial charge in [0.25, 0.3) is 5.91 Å². The Bertz CT molecular complexity index is 1200. The van der Waals surface area contributed by atoms with E-state index in [4.69, 9.17) is 0 Å². The van der Waals surface area contributed by atoms with E-state index in [0.29, 0.717) is 11.4 Å². The molecule has 0 saturated heterocycles. The Balaban J connectivity index is 1.82. The van der Waals surface area contributed by atoms with Crippen LogP contribution in [-0.2, 0) is 17.8 Å². The summed E-state index contributed by atoms with van der Waals surface area (Å²) in [7, 11) is 0. The average Bonchev–Trinajstić information content (AvgIpc) is 3.56. The van der Waals surface area contributed by atoms with Gasteiger partial charge in [-0.2, -0.15) is 0 Å².